The first kappa shape index (κ1) is 12.9. The van der Waals surface area contributed by atoms with Gasteiger partial charge in [-0.1, -0.05) is 6.08 Å². The fourth-order valence-electron chi connectivity index (χ4n) is 3.97. The monoisotopic (exact) mass is 284 g/mol. The third kappa shape index (κ3) is 2.23. The third-order valence-corrected chi connectivity index (χ3v) is 4.96. The topological polar surface area (TPSA) is 41.6 Å². The molecule has 2 fully saturated rings. The Kier molecular flexibility index (Phi) is 3.00. The summed E-state index contributed by atoms with van der Waals surface area (Å²) in [5, 5.41) is 3.22. The molecule has 2 aliphatic heterocycles. The summed E-state index contributed by atoms with van der Waals surface area (Å²) in [6.07, 6.45) is 6.33. The van der Waals surface area contributed by atoms with Gasteiger partial charge in [-0.15, -0.1) is 0 Å². The van der Waals surface area contributed by atoms with Crippen molar-refractivity contribution in [2.45, 2.75) is 24.9 Å². The van der Waals surface area contributed by atoms with Crippen LogP contribution in [0.2, 0.25) is 0 Å². The highest BCUT2D eigenvalue weighted by Crippen LogP contribution is 2.36. The van der Waals surface area contributed by atoms with Gasteiger partial charge >= 0.3 is 0 Å². The van der Waals surface area contributed by atoms with Crippen LogP contribution in [0.3, 0.4) is 0 Å². The number of hydrogen-bond donors (Lipinski definition) is 1. The minimum atomic E-state index is 0.0303. The lowest BCUT2D eigenvalue weighted by Gasteiger charge is -2.30. The van der Waals surface area contributed by atoms with Gasteiger partial charge in [0.1, 0.15) is 12.4 Å². The maximum absolute atomic E-state index is 12.5. The van der Waals surface area contributed by atoms with Gasteiger partial charge in [0.25, 0.3) is 5.91 Å². The number of piperidine rings is 1. The van der Waals surface area contributed by atoms with Crippen LogP contribution in [0.4, 0.5) is 0 Å². The van der Waals surface area contributed by atoms with Crippen LogP contribution in [0.15, 0.2) is 24.3 Å². The van der Waals surface area contributed by atoms with Crippen LogP contribution in [0.5, 0.6) is 5.75 Å². The lowest BCUT2D eigenvalue weighted by atomic mass is 10.0. The molecule has 1 aromatic rings. The minimum absolute atomic E-state index is 0.0303. The van der Waals surface area contributed by atoms with E-state index < -0.39 is 0 Å². The van der Waals surface area contributed by atoms with Crippen molar-refractivity contribution in [3.8, 4) is 5.75 Å². The van der Waals surface area contributed by atoms with Gasteiger partial charge < -0.3 is 15.0 Å². The highest BCUT2D eigenvalue weighted by atomic mass is 16.5. The van der Waals surface area contributed by atoms with Crippen LogP contribution in [-0.2, 0) is 0 Å². The van der Waals surface area contributed by atoms with Gasteiger partial charge in [-0.2, -0.15) is 0 Å². The summed E-state index contributed by atoms with van der Waals surface area (Å²) in [5.74, 6) is 1.64. The molecule has 3 aliphatic rings. The molecule has 4 heteroatoms. The SMILES string of the molecule is CN1CC2CC(NC(=O)c3ccc4c(c3)C=CCO4)C1C2. The zero-order chi connectivity index (χ0) is 14.4. The van der Waals surface area contributed by atoms with E-state index in [1.54, 1.807) is 0 Å². The van der Waals surface area contributed by atoms with Crippen molar-refractivity contribution in [2.75, 3.05) is 20.2 Å². The molecule has 1 amide bonds. The fraction of sp³-hybridized carbons (Fsp3) is 0.471. The molecule has 0 aromatic heterocycles. The number of nitrogens with one attached hydrogen (secondary N) is 1. The van der Waals surface area contributed by atoms with Gasteiger partial charge in [0.2, 0.25) is 0 Å². The Morgan fingerprint density at radius 3 is 3.10 bits per heavy atom. The number of carbonyl (C=O) groups excluding carboxylic acids is 1. The van der Waals surface area contributed by atoms with E-state index >= 15 is 0 Å². The van der Waals surface area contributed by atoms with E-state index in [0.717, 1.165) is 23.7 Å². The summed E-state index contributed by atoms with van der Waals surface area (Å²) in [4.78, 5) is 14.9. The first-order valence-corrected chi connectivity index (χ1v) is 7.65. The molecule has 3 atom stereocenters. The van der Waals surface area contributed by atoms with Gasteiger partial charge in [-0.05, 0) is 50.1 Å². The van der Waals surface area contributed by atoms with E-state index in [0.29, 0.717) is 24.3 Å². The second kappa shape index (κ2) is 4.88. The molecule has 1 N–H and O–H groups in total. The van der Waals surface area contributed by atoms with E-state index in [4.69, 9.17) is 4.74 Å². The number of benzene rings is 1. The maximum atomic E-state index is 12.5. The summed E-state index contributed by atoms with van der Waals surface area (Å²) in [6.45, 7) is 1.79. The zero-order valence-electron chi connectivity index (χ0n) is 12.2. The number of rotatable bonds is 2. The van der Waals surface area contributed by atoms with Crippen LogP contribution in [-0.4, -0.2) is 43.1 Å². The average molecular weight is 284 g/mol. The Labute approximate surface area is 124 Å². The van der Waals surface area contributed by atoms with Crippen molar-refractivity contribution in [1.82, 2.24) is 10.2 Å². The normalized spacial score (nSPS) is 30.0. The molecule has 4 nitrogen and oxygen atoms in total. The summed E-state index contributed by atoms with van der Waals surface area (Å²) in [6, 6.07) is 6.46. The molecule has 4 rings (SSSR count). The van der Waals surface area contributed by atoms with Crippen LogP contribution in [0.25, 0.3) is 6.08 Å². The second-order valence-electron chi connectivity index (χ2n) is 6.39. The highest BCUT2D eigenvalue weighted by molar-refractivity contribution is 5.95. The summed E-state index contributed by atoms with van der Waals surface area (Å²) < 4.78 is 5.52. The zero-order valence-corrected chi connectivity index (χ0v) is 12.2. The minimum Gasteiger partial charge on any atom is -0.489 e. The summed E-state index contributed by atoms with van der Waals surface area (Å²) in [7, 11) is 2.16. The van der Waals surface area contributed by atoms with Crippen molar-refractivity contribution in [3.05, 3.63) is 35.4 Å². The van der Waals surface area contributed by atoms with E-state index in [2.05, 4.69) is 17.3 Å². The molecule has 110 valence electrons. The predicted molar refractivity (Wildman–Crippen MR) is 81.4 cm³/mol. The molecule has 2 heterocycles. The Morgan fingerprint density at radius 1 is 1.38 bits per heavy atom. The first-order valence-electron chi connectivity index (χ1n) is 7.65. The summed E-state index contributed by atoms with van der Waals surface area (Å²) >= 11 is 0. The van der Waals surface area contributed by atoms with Gasteiger partial charge in [-0.25, -0.2) is 0 Å². The number of carbonyl (C=O) groups is 1. The van der Waals surface area contributed by atoms with E-state index in [-0.39, 0.29) is 5.91 Å². The molecular formula is C17H20N2O2. The molecule has 2 bridgehead atoms. The molecular weight excluding hydrogens is 264 g/mol. The van der Waals surface area contributed by atoms with Gasteiger partial charge in [0, 0.05) is 29.8 Å². The number of ether oxygens (including phenoxy) is 1. The van der Waals surface area contributed by atoms with Crippen molar-refractivity contribution in [1.29, 1.82) is 0 Å². The van der Waals surface area contributed by atoms with E-state index in [1.165, 1.54) is 13.0 Å². The molecule has 1 aliphatic carbocycles. The van der Waals surface area contributed by atoms with Gasteiger partial charge in [0.05, 0.1) is 0 Å². The number of amides is 1. The molecule has 0 spiro atoms. The molecule has 1 aromatic carbocycles. The quantitative estimate of drug-likeness (QED) is 0.902. The van der Waals surface area contributed by atoms with E-state index in [9.17, 15) is 4.79 Å². The van der Waals surface area contributed by atoms with E-state index in [1.807, 2.05) is 30.4 Å². The van der Waals surface area contributed by atoms with Crippen molar-refractivity contribution < 1.29 is 9.53 Å². The Bertz CT molecular complexity index is 611. The lowest BCUT2D eigenvalue weighted by molar-refractivity contribution is 0.0905. The highest BCUT2D eigenvalue weighted by Gasteiger charge is 2.43. The Hall–Kier alpha value is -1.81. The predicted octanol–water partition coefficient (Wildman–Crippen LogP) is 1.91. The van der Waals surface area contributed by atoms with Crippen LogP contribution in [0, 0.1) is 5.92 Å². The van der Waals surface area contributed by atoms with Crippen molar-refractivity contribution >= 4 is 12.0 Å². The number of fused-ring (bicyclic) bond motifs is 3. The van der Waals surface area contributed by atoms with Crippen LogP contribution in [0.1, 0.15) is 28.8 Å². The standard InChI is InChI=1S/C17H20N2O2/c1-19-10-11-7-14(15(19)8-11)18-17(20)13-4-5-16-12(9-13)3-2-6-21-16/h2-5,9,11,14-15H,6-8,10H2,1H3,(H,18,20). The van der Waals surface area contributed by atoms with Crippen LogP contribution < -0.4 is 10.1 Å². The van der Waals surface area contributed by atoms with Gasteiger partial charge in [0.15, 0.2) is 0 Å². The van der Waals surface area contributed by atoms with Gasteiger partial charge in [-0.3, -0.25) is 4.79 Å². The van der Waals surface area contributed by atoms with Crippen molar-refractivity contribution in [2.24, 2.45) is 5.92 Å². The lowest BCUT2D eigenvalue weighted by Crippen LogP contribution is -2.48. The second-order valence-corrected chi connectivity index (χ2v) is 6.39. The number of nitrogens with zero attached hydrogens (tertiary/aromatic N) is 1. The fourth-order valence-corrected chi connectivity index (χ4v) is 3.97. The Balaban J connectivity index is 1.50. The molecule has 21 heavy (non-hydrogen) atoms. The largest absolute Gasteiger partial charge is 0.489 e. The number of likely N-dealkylation sites (N-methyl/N-ethyl adjacent to an activating group) is 1. The Morgan fingerprint density at radius 2 is 2.29 bits per heavy atom. The molecule has 0 radical (unpaired) electrons. The maximum Gasteiger partial charge on any atom is 0.251 e. The van der Waals surface area contributed by atoms with Crippen molar-refractivity contribution in [3.63, 3.8) is 0 Å². The molecule has 1 saturated carbocycles. The smallest absolute Gasteiger partial charge is 0.251 e. The van der Waals surface area contributed by atoms with Crippen LogP contribution >= 0.6 is 0 Å². The number of hydrogen-bond acceptors (Lipinski definition) is 3. The number of likely N-dealkylation sites (tertiary alicyclic amines) is 1. The first-order chi connectivity index (χ1) is 10.2. The average Bonchev–Trinajstić information content (AvgIpc) is 3.05. The molecule has 1 saturated heterocycles. The third-order valence-electron chi connectivity index (χ3n) is 4.96. The molecule has 3 unspecified atom stereocenters. The summed E-state index contributed by atoms with van der Waals surface area (Å²) in [5.41, 5.74) is 1.70.